The van der Waals surface area contributed by atoms with Crippen LogP contribution in [0.2, 0.25) is 0 Å². The molecule has 0 bridgehead atoms. The highest BCUT2D eigenvalue weighted by molar-refractivity contribution is 5.98. The predicted molar refractivity (Wildman–Crippen MR) is 71.8 cm³/mol. The van der Waals surface area contributed by atoms with Gasteiger partial charge in [-0.2, -0.15) is 0 Å². The molecule has 6 heteroatoms. The summed E-state index contributed by atoms with van der Waals surface area (Å²) in [5, 5.41) is 9.51. The van der Waals surface area contributed by atoms with Crippen LogP contribution in [0.5, 0.6) is 11.5 Å². The van der Waals surface area contributed by atoms with Crippen LogP contribution < -0.4 is 9.64 Å². The van der Waals surface area contributed by atoms with Gasteiger partial charge in [-0.05, 0) is 25.5 Å². The van der Waals surface area contributed by atoms with Gasteiger partial charge in [0.05, 0.1) is 12.3 Å². The molecule has 6 nitrogen and oxygen atoms in total. The molecule has 0 saturated carbocycles. The van der Waals surface area contributed by atoms with Gasteiger partial charge in [0, 0.05) is 19.0 Å². The highest BCUT2D eigenvalue weighted by atomic mass is 16.5. The summed E-state index contributed by atoms with van der Waals surface area (Å²) >= 11 is 0. The van der Waals surface area contributed by atoms with Gasteiger partial charge in [-0.1, -0.05) is 0 Å². The number of hydrogen-bond donors (Lipinski definition) is 1. The summed E-state index contributed by atoms with van der Waals surface area (Å²) in [5.41, 5.74) is 0.533. The number of rotatable bonds is 5. The van der Waals surface area contributed by atoms with E-state index in [4.69, 9.17) is 9.47 Å². The van der Waals surface area contributed by atoms with Crippen LogP contribution in [0.4, 0.5) is 5.69 Å². The molecule has 108 valence electrons. The van der Waals surface area contributed by atoms with Gasteiger partial charge in [0.1, 0.15) is 11.5 Å². The van der Waals surface area contributed by atoms with Crippen molar-refractivity contribution < 1.29 is 24.2 Å². The molecule has 2 rings (SSSR count). The third-order valence-electron chi connectivity index (χ3n) is 2.95. The lowest BCUT2D eigenvalue weighted by Crippen LogP contribution is -2.39. The quantitative estimate of drug-likeness (QED) is 0.826. The monoisotopic (exact) mass is 279 g/mol. The second-order valence-electron chi connectivity index (χ2n) is 4.39. The van der Waals surface area contributed by atoms with Crippen molar-refractivity contribution >= 4 is 17.6 Å². The van der Waals surface area contributed by atoms with E-state index in [1.165, 1.54) is 17.0 Å². The molecular weight excluding hydrogens is 262 g/mol. The fraction of sp³-hybridized carbons (Fsp3) is 0.429. The SMILES string of the molecule is CCOC(=O)CCCN1C(=O)COc2ccc(O)cc21. The van der Waals surface area contributed by atoms with E-state index < -0.39 is 0 Å². The van der Waals surface area contributed by atoms with Crippen molar-refractivity contribution in [3.8, 4) is 11.5 Å². The van der Waals surface area contributed by atoms with Gasteiger partial charge in [-0.15, -0.1) is 0 Å². The van der Waals surface area contributed by atoms with Crippen molar-refractivity contribution in [2.45, 2.75) is 19.8 Å². The van der Waals surface area contributed by atoms with Crippen molar-refractivity contribution in [3.05, 3.63) is 18.2 Å². The van der Waals surface area contributed by atoms with Gasteiger partial charge >= 0.3 is 5.97 Å². The molecule has 20 heavy (non-hydrogen) atoms. The number of hydrogen-bond acceptors (Lipinski definition) is 5. The normalized spacial score (nSPS) is 13.7. The highest BCUT2D eigenvalue weighted by Crippen LogP contribution is 2.34. The number of amides is 1. The summed E-state index contributed by atoms with van der Waals surface area (Å²) in [6.07, 6.45) is 0.756. The fourth-order valence-electron chi connectivity index (χ4n) is 2.05. The number of aromatic hydroxyl groups is 1. The Morgan fingerprint density at radius 3 is 3.05 bits per heavy atom. The van der Waals surface area contributed by atoms with Gasteiger partial charge in [-0.25, -0.2) is 0 Å². The smallest absolute Gasteiger partial charge is 0.305 e. The number of esters is 1. The van der Waals surface area contributed by atoms with Crippen molar-refractivity contribution in [1.29, 1.82) is 0 Å². The van der Waals surface area contributed by atoms with E-state index in [2.05, 4.69) is 0 Å². The van der Waals surface area contributed by atoms with Crippen LogP contribution in [0.15, 0.2) is 18.2 Å². The van der Waals surface area contributed by atoms with Crippen LogP contribution in [0.25, 0.3) is 0 Å². The zero-order valence-corrected chi connectivity index (χ0v) is 11.3. The second kappa shape index (κ2) is 6.27. The Balaban J connectivity index is 2.02. The maximum atomic E-state index is 11.9. The minimum atomic E-state index is -0.274. The predicted octanol–water partition coefficient (Wildman–Crippen LogP) is 1.46. The molecule has 1 N–H and O–H groups in total. The lowest BCUT2D eigenvalue weighted by Gasteiger charge is -2.29. The average molecular weight is 279 g/mol. The summed E-state index contributed by atoms with van der Waals surface area (Å²) in [6.45, 7) is 2.46. The van der Waals surface area contributed by atoms with Crippen molar-refractivity contribution in [1.82, 2.24) is 0 Å². The summed E-state index contributed by atoms with van der Waals surface area (Å²) in [6, 6.07) is 4.61. The molecule has 1 aromatic rings. The maximum Gasteiger partial charge on any atom is 0.305 e. The molecule has 0 fully saturated rings. The number of fused-ring (bicyclic) bond motifs is 1. The molecule has 1 amide bonds. The first-order valence-corrected chi connectivity index (χ1v) is 6.53. The third kappa shape index (κ3) is 3.20. The van der Waals surface area contributed by atoms with E-state index in [1.54, 1.807) is 13.0 Å². The minimum Gasteiger partial charge on any atom is -0.508 e. The van der Waals surface area contributed by atoms with E-state index in [1.807, 2.05) is 0 Å². The van der Waals surface area contributed by atoms with Crippen LogP contribution in [-0.2, 0) is 14.3 Å². The number of carbonyl (C=O) groups is 2. The molecule has 0 aliphatic carbocycles. The average Bonchev–Trinajstić information content (AvgIpc) is 2.41. The van der Waals surface area contributed by atoms with E-state index >= 15 is 0 Å². The molecule has 0 saturated heterocycles. The summed E-state index contributed by atoms with van der Waals surface area (Å²) in [5.74, 6) is 0.160. The molecule has 1 aliphatic heterocycles. The van der Waals surface area contributed by atoms with E-state index in [-0.39, 0.29) is 30.7 Å². The van der Waals surface area contributed by atoms with E-state index in [9.17, 15) is 14.7 Å². The molecule has 0 aromatic heterocycles. The number of benzene rings is 1. The Labute approximate surface area is 116 Å². The van der Waals surface area contributed by atoms with E-state index in [0.717, 1.165) is 0 Å². The lowest BCUT2D eigenvalue weighted by atomic mass is 10.2. The molecule has 1 heterocycles. The first-order valence-electron chi connectivity index (χ1n) is 6.53. The van der Waals surface area contributed by atoms with Crippen molar-refractivity contribution in [3.63, 3.8) is 0 Å². The fourth-order valence-corrected chi connectivity index (χ4v) is 2.05. The standard InChI is InChI=1S/C14H17NO5/c1-2-19-14(18)4-3-7-15-11-8-10(16)5-6-12(11)20-9-13(15)17/h5-6,8,16H,2-4,7,9H2,1H3. The number of phenols is 1. The molecule has 0 atom stereocenters. The molecule has 0 unspecified atom stereocenters. The zero-order chi connectivity index (χ0) is 14.5. The summed E-state index contributed by atoms with van der Waals surface area (Å²) < 4.78 is 10.1. The maximum absolute atomic E-state index is 11.9. The van der Waals surface area contributed by atoms with Crippen molar-refractivity contribution in [2.24, 2.45) is 0 Å². The van der Waals surface area contributed by atoms with Gasteiger partial charge in [-0.3, -0.25) is 9.59 Å². The van der Waals surface area contributed by atoms with Crippen molar-refractivity contribution in [2.75, 3.05) is 24.7 Å². The van der Waals surface area contributed by atoms with Gasteiger partial charge in [0.15, 0.2) is 6.61 Å². The first-order chi connectivity index (χ1) is 9.61. The molecule has 1 aromatic carbocycles. The topological polar surface area (TPSA) is 76.1 Å². The number of ether oxygens (including phenoxy) is 2. The lowest BCUT2D eigenvalue weighted by molar-refractivity contribution is -0.143. The number of anilines is 1. The molecule has 0 radical (unpaired) electrons. The van der Waals surface area contributed by atoms with Crippen LogP contribution in [0, 0.1) is 0 Å². The Morgan fingerprint density at radius 1 is 1.50 bits per heavy atom. The Bertz CT molecular complexity index is 514. The van der Waals surface area contributed by atoms with Gasteiger partial charge in [0.2, 0.25) is 0 Å². The largest absolute Gasteiger partial charge is 0.508 e. The number of nitrogens with zero attached hydrogens (tertiary/aromatic N) is 1. The first kappa shape index (κ1) is 14.2. The second-order valence-corrected chi connectivity index (χ2v) is 4.39. The van der Waals surface area contributed by atoms with E-state index in [0.29, 0.717) is 31.0 Å². The van der Waals surface area contributed by atoms with Crippen LogP contribution in [-0.4, -0.2) is 36.7 Å². The number of carbonyl (C=O) groups excluding carboxylic acids is 2. The summed E-state index contributed by atoms with van der Waals surface area (Å²) in [7, 11) is 0. The highest BCUT2D eigenvalue weighted by Gasteiger charge is 2.25. The van der Waals surface area contributed by atoms with Gasteiger partial charge < -0.3 is 19.5 Å². The Hall–Kier alpha value is -2.24. The van der Waals surface area contributed by atoms with Crippen LogP contribution in [0.1, 0.15) is 19.8 Å². The Morgan fingerprint density at radius 2 is 2.30 bits per heavy atom. The molecule has 1 aliphatic rings. The molecular formula is C14H17NO5. The number of phenolic OH excluding ortho intramolecular Hbond substituents is 1. The van der Waals surface area contributed by atoms with Gasteiger partial charge in [0.25, 0.3) is 5.91 Å². The minimum absolute atomic E-state index is 0.0306. The van der Waals surface area contributed by atoms with Crippen LogP contribution >= 0.6 is 0 Å². The Kier molecular flexibility index (Phi) is 4.45. The molecule has 0 spiro atoms. The van der Waals surface area contributed by atoms with Crippen LogP contribution in [0.3, 0.4) is 0 Å². The zero-order valence-electron chi connectivity index (χ0n) is 11.3. The third-order valence-corrected chi connectivity index (χ3v) is 2.95. The summed E-state index contributed by atoms with van der Waals surface area (Å²) in [4.78, 5) is 24.7.